The molecule has 0 spiro atoms. The molecule has 0 amide bonds. The summed E-state index contributed by atoms with van der Waals surface area (Å²) in [5.74, 6) is 1.92. The van der Waals surface area contributed by atoms with Crippen LogP contribution in [0, 0.1) is 6.92 Å². The minimum absolute atomic E-state index is 0. The summed E-state index contributed by atoms with van der Waals surface area (Å²) in [6.07, 6.45) is 3.33. The van der Waals surface area contributed by atoms with Gasteiger partial charge in [0.15, 0.2) is 5.82 Å². The van der Waals surface area contributed by atoms with E-state index < -0.39 is 0 Å². The molecule has 3 aromatic rings. The van der Waals surface area contributed by atoms with Gasteiger partial charge >= 0.3 is 0 Å². The van der Waals surface area contributed by atoms with Gasteiger partial charge in [-0.05, 0) is 49.4 Å². The van der Waals surface area contributed by atoms with E-state index in [1.54, 1.807) is 0 Å². The summed E-state index contributed by atoms with van der Waals surface area (Å²) in [7, 11) is 0. The highest BCUT2D eigenvalue weighted by Crippen LogP contribution is 2.35. The van der Waals surface area contributed by atoms with Crippen molar-refractivity contribution in [3.63, 3.8) is 0 Å². The van der Waals surface area contributed by atoms with Crippen molar-refractivity contribution in [2.75, 3.05) is 0 Å². The molecule has 25 heavy (non-hydrogen) atoms. The molecule has 1 aromatic heterocycles. The lowest BCUT2D eigenvalue weighted by Gasteiger charge is -2.21. The highest BCUT2D eigenvalue weighted by Gasteiger charge is 2.30. The number of nitrogens with one attached hydrogen (secondary N) is 1. The monoisotopic (exact) mass is 357 g/mol. The van der Waals surface area contributed by atoms with E-state index in [0.717, 1.165) is 31.0 Å². The van der Waals surface area contributed by atoms with Crippen molar-refractivity contribution < 1.29 is 4.52 Å². The van der Waals surface area contributed by atoms with Crippen molar-refractivity contribution in [1.82, 2.24) is 15.5 Å². The Hall–Kier alpha value is -1.91. The van der Waals surface area contributed by atoms with Crippen molar-refractivity contribution in [3.05, 3.63) is 59.7 Å². The first-order chi connectivity index (χ1) is 11.7. The lowest BCUT2D eigenvalue weighted by atomic mass is 9.99. The molecule has 1 aliphatic rings. The van der Waals surface area contributed by atoms with Crippen molar-refractivity contribution in [3.8, 4) is 0 Å². The van der Waals surface area contributed by atoms with Crippen LogP contribution in [0.4, 0.5) is 0 Å². The maximum Gasteiger partial charge on any atom is 0.229 e. The van der Waals surface area contributed by atoms with Gasteiger partial charge in [-0.2, -0.15) is 4.98 Å². The average molecular weight is 358 g/mol. The number of fused-ring (bicyclic) bond motifs is 1. The van der Waals surface area contributed by atoms with Crippen LogP contribution in [-0.4, -0.2) is 16.2 Å². The smallest absolute Gasteiger partial charge is 0.229 e. The van der Waals surface area contributed by atoms with Crippen molar-refractivity contribution >= 4 is 23.2 Å². The van der Waals surface area contributed by atoms with Crippen LogP contribution in [0.15, 0.2) is 47.0 Å². The molecule has 1 N–H and O–H groups in total. The Labute approximate surface area is 154 Å². The molecule has 4 rings (SSSR count). The van der Waals surface area contributed by atoms with Crippen LogP contribution in [0.3, 0.4) is 0 Å². The molecule has 132 valence electrons. The summed E-state index contributed by atoms with van der Waals surface area (Å²) in [6.45, 7) is 4.13. The first-order valence-corrected chi connectivity index (χ1v) is 8.74. The van der Waals surface area contributed by atoms with E-state index in [1.165, 1.54) is 16.3 Å². The molecule has 1 aliphatic carbocycles. The number of benzene rings is 2. The van der Waals surface area contributed by atoms with Crippen LogP contribution < -0.4 is 5.32 Å². The van der Waals surface area contributed by atoms with Crippen LogP contribution in [-0.2, 0) is 0 Å². The van der Waals surface area contributed by atoms with Gasteiger partial charge in [-0.15, -0.1) is 12.4 Å². The fourth-order valence-electron chi connectivity index (χ4n) is 3.91. The Balaban J connectivity index is 0.00000182. The SMILES string of the molecule is Cc1noc(C2CCC(N[C@H](C)c3cccc4ccccc34)C2)n1.Cl. The minimum Gasteiger partial charge on any atom is -0.339 e. The number of rotatable bonds is 4. The fourth-order valence-corrected chi connectivity index (χ4v) is 3.91. The largest absolute Gasteiger partial charge is 0.339 e. The molecule has 0 saturated heterocycles. The zero-order valence-electron chi connectivity index (χ0n) is 14.6. The number of aromatic nitrogens is 2. The topological polar surface area (TPSA) is 51.0 Å². The molecule has 0 bridgehead atoms. The second kappa shape index (κ2) is 7.54. The van der Waals surface area contributed by atoms with Gasteiger partial charge in [-0.1, -0.05) is 47.6 Å². The van der Waals surface area contributed by atoms with Crippen LogP contribution in [0.25, 0.3) is 10.8 Å². The normalized spacial score (nSPS) is 21.2. The van der Waals surface area contributed by atoms with E-state index in [4.69, 9.17) is 4.52 Å². The Kier molecular flexibility index (Phi) is 5.40. The number of nitrogens with zero attached hydrogens (tertiary/aromatic N) is 2. The van der Waals surface area contributed by atoms with Gasteiger partial charge in [0.2, 0.25) is 5.89 Å². The number of halogens is 1. The maximum atomic E-state index is 5.35. The maximum absolute atomic E-state index is 5.35. The number of hydrogen-bond acceptors (Lipinski definition) is 4. The quantitative estimate of drug-likeness (QED) is 0.718. The molecule has 1 heterocycles. The summed E-state index contributed by atoms with van der Waals surface area (Å²) in [5, 5.41) is 10.4. The molecular weight excluding hydrogens is 334 g/mol. The Bertz CT molecular complexity index is 842. The number of hydrogen-bond donors (Lipinski definition) is 1. The van der Waals surface area contributed by atoms with Gasteiger partial charge in [-0.3, -0.25) is 0 Å². The van der Waals surface area contributed by atoms with Gasteiger partial charge in [-0.25, -0.2) is 0 Å². The molecule has 1 saturated carbocycles. The minimum atomic E-state index is 0. The predicted molar refractivity (Wildman–Crippen MR) is 102 cm³/mol. The van der Waals surface area contributed by atoms with E-state index in [9.17, 15) is 0 Å². The van der Waals surface area contributed by atoms with Crippen molar-refractivity contribution in [1.29, 1.82) is 0 Å². The lowest BCUT2D eigenvalue weighted by Crippen LogP contribution is -2.29. The van der Waals surface area contributed by atoms with Crippen LogP contribution in [0.2, 0.25) is 0 Å². The van der Waals surface area contributed by atoms with Crippen LogP contribution in [0.5, 0.6) is 0 Å². The Morgan fingerprint density at radius 2 is 1.92 bits per heavy atom. The molecular formula is C20H24ClN3O. The molecule has 2 aromatic carbocycles. The van der Waals surface area contributed by atoms with Gasteiger partial charge < -0.3 is 9.84 Å². The molecule has 3 atom stereocenters. The van der Waals surface area contributed by atoms with E-state index in [0.29, 0.717) is 18.0 Å². The third-order valence-electron chi connectivity index (χ3n) is 5.10. The van der Waals surface area contributed by atoms with Gasteiger partial charge in [0.1, 0.15) is 0 Å². The summed E-state index contributed by atoms with van der Waals surface area (Å²) < 4.78 is 5.35. The lowest BCUT2D eigenvalue weighted by molar-refractivity contribution is 0.347. The van der Waals surface area contributed by atoms with E-state index in [2.05, 4.69) is 64.8 Å². The first kappa shape index (κ1) is 17.9. The molecule has 5 heteroatoms. The molecule has 2 unspecified atom stereocenters. The molecule has 4 nitrogen and oxygen atoms in total. The summed E-state index contributed by atoms with van der Waals surface area (Å²) in [6, 6.07) is 16.0. The standard InChI is InChI=1S/C20H23N3O.ClH/c1-13(18-9-5-7-15-6-3-4-8-19(15)18)21-17-11-10-16(12-17)20-22-14(2)23-24-20;/h3-9,13,16-17,21H,10-12H2,1-2H3;1H/t13-,16?,17?;/m1./s1. The van der Waals surface area contributed by atoms with E-state index >= 15 is 0 Å². The third-order valence-corrected chi connectivity index (χ3v) is 5.10. The second-order valence-corrected chi connectivity index (χ2v) is 6.84. The molecule has 0 aliphatic heterocycles. The summed E-state index contributed by atoms with van der Waals surface area (Å²) in [4.78, 5) is 4.40. The second-order valence-electron chi connectivity index (χ2n) is 6.84. The zero-order valence-corrected chi connectivity index (χ0v) is 15.4. The Morgan fingerprint density at radius 3 is 2.72 bits per heavy atom. The van der Waals surface area contributed by atoms with Crippen molar-refractivity contribution in [2.45, 2.75) is 51.1 Å². The average Bonchev–Trinajstić information content (AvgIpc) is 3.23. The van der Waals surface area contributed by atoms with Crippen LogP contribution in [0.1, 0.15) is 55.4 Å². The van der Waals surface area contributed by atoms with Gasteiger partial charge in [0.05, 0.1) is 0 Å². The fraction of sp³-hybridized carbons (Fsp3) is 0.400. The first-order valence-electron chi connectivity index (χ1n) is 8.74. The van der Waals surface area contributed by atoms with Gasteiger partial charge in [0.25, 0.3) is 0 Å². The summed E-state index contributed by atoms with van der Waals surface area (Å²) in [5.41, 5.74) is 1.37. The highest BCUT2D eigenvalue weighted by molar-refractivity contribution is 5.86. The molecule has 1 fully saturated rings. The predicted octanol–water partition coefficient (Wildman–Crippen LogP) is 4.94. The van der Waals surface area contributed by atoms with Crippen LogP contribution >= 0.6 is 12.4 Å². The highest BCUT2D eigenvalue weighted by atomic mass is 35.5. The van der Waals surface area contributed by atoms with E-state index in [1.807, 2.05) is 6.92 Å². The summed E-state index contributed by atoms with van der Waals surface area (Å²) >= 11 is 0. The van der Waals surface area contributed by atoms with E-state index in [-0.39, 0.29) is 12.4 Å². The number of aryl methyl sites for hydroxylation is 1. The molecule has 0 radical (unpaired) electrons. The zero-order chi connectivity index (χ0) is 16.5. The Morgan fingerprint density at radius 1 is 1.12 bits per heavy atom. The van der Waals surface area contributed by atoms with Gasteiger partial charge in [0, 0.05) is 18.0 Å². The van der Waals surface area contributed by atoms with Crippen molar-refractivity contribution in [2.24, 2.45) is 0 Å². The third kappa shape index (κ3) is 3.70.